The molecule has 0 bridgehead atoms. The van der Waals surface area contributed by atoms with E-state index in [2.05, 4.69) is 20.9 Å². The number of nitrogens with one attached hydrogen (secondary N) is 1. The van der Waals surface area contributed by atoms with Crippen molar-refractivity contribution < 1.29 is 9.13 Å². The summed E-state index contributed by atoms with van der Waals surface area (Å²) in [5.41, 5.74) is 1.53. The van der Waals surface area contributed by atoms with E-state index in [4.69, 9.17) is 4.74 Å². The summed E-state index contributed by atoms with van der Waals surface area (Å²) in [6.07, 6.45) is 0. The van der Waals surface area contributed by atoms with Gasteiger partial charge in [0.1, 0.15) is 11.6 Å². The van der Waals surface area contributed by atoms with Gasteiger partial charge < -0.3 is 9.72 Å². The number of H-pyrrole nitrogens is 1. The summed E-state index contributed by atoms with van der Waals surface area (Å²) in [5, 5.41) is 0. The predicted molar refractivity (Wildman–Crippen MR) is 60.4 cm³/mol. The lowest BCUT2D eigenvalue weighted by Crippen LogP contribution is -1.89. The van der Waals surface area contributed by atoms with E-state index < -0.39 is 0 Å². The lowest BCUT2D eigenvalue weighted by atomic mass is 10.1. The van der Waals surface area contributed by atoms with Gasteiger partial charge in [-0.25, -0.2) is 4.39 Å². The van der Waals surface area contributed by atoms with Gasteiger partial charge in [0.25, 0.3) is 0 Å². The highest BCUT2D eigenvalue weighted by molar-refractivity contribution is 9.10. The Morgan fingerprint density at radius 3 is 2.67 bits per heavy atom. The van der Waals surface area contributed by atoms with E-state index in [1.54, 1.807) is 13.2 Å². The fourth-order valence-electron chi connectivity index (χ4n) is 1.42. The van der Waals surface area contributed by atoms with E-state index in [9.17, 15) is 4.39 Å². The first-order chi connectivity index (χ1) is 7.20. The minimum Gasteiger partial charge on any atom is -0.496 e. The molecule has 0 atom stereocenters. The van der Waals surface area contributed by atoms with Crippen molar-refractivity contribution in [1.29, 1.82) is 0 Å². The number of methoxy groups -OCH3 is 1. The van der Waals surface area contributed by atoms with E-state index in [0.717, 1.165) is 10.3 Å². The van der Waals surface area contributed by atoms with Gasteiger partial charge >= 0.3 is 0 Å². The quantitative estimate of drug-likeness (QED) is 0.886. The van der Waals surface area contributed by atoms with Crippen LogP contribution in [0.5, 0.6) is 5.75 Å². The highest BCUT2D eigenvalue weighted by atomic mass is 79.9. The average molecular weight is 270 g/mol. The molecule has 4 heteroatoms. The van der Waals surface area contributed by atoms with Gasteiger partial charge in [-0.3, -0.25) is 0 Å². The van der Waals surface area contributed by atoms with Crippen LogP contribution in [0.2, 0.25) is 0 Å². The number of hydrogen-bond donors (Lipinski definition) is 1. The third-order valence-electron chi connectivity index (χ3n) is 2.10. The molecule has 2 rings (SSSR count). The number of aromatic nitrogens is 1. The van der Waals surface area contributed by atoms with Crippen LogP contribution in [-0.4, -0.2) is 12.1 Å². The van der Waals surface area contributed by atoms with Crippen LogP contribution in [0, 0.1) is 5.82 Å². The lowest BCUT2D eigenvalue weighted by Gasteiger charge is -2.06. The number of benzene rings is 1. The molecule has 0 spiro atoms. The maximum atomic E-state index is 13.1. The van der Waals surface area contributed by atoms with Crippen LogP contribution in [0.3, 0.4) is 0 Å². The van der Waals surface area contributed by atoms with Gasteiger partial charge in [-0.1, -0.05) is 0 Å². The lowest BCUT2D eigenvalue weighted by molar-refractivity contribution is 0.415. The largest absolute Gasteiger partial charge is 0.496 e. The van der Waals surface area contributed by atoms with Crippen molar-refractivity contribution in [1.82, 2.24) is 4.98 Å². The second-order valence-electron chi connectivity index (χ2n) is 3.06. The molecule has 2 aromatic rings. The Hall–Kier alpha value is -1.29. The van der Waals surface area contributed by atoms with Crippen molar-refractivity contribution in [3.63, 3.8) is 0 Å². The minimum atomic E-state index is -0.281. The Morgan fingerprint density at radius 1 is 1.27 bits per heavy atom. The fourth-order valence-corrected chi connectivity index (χ4v) is 1.76. The van der Waals surface area contributed by atoms with Crippen molar-refractivity contribution in [3.05, 3.63) is 40.8 Å². The zero-order valence-electron chi connectivity index (χ0n) is 8.05. The Bertz CT molecular complexity index is 481. The van der Waals surface area contributed by atoms with Gasteiger partial charge in [0, 0.05) is 5.56 Å². The first-order valence-electron chi connectivity index (χ1n) is 4.39. The maximum absolute atomic E-state index is 13.1. The minimum absolute atomic E-state index is 0.281. The van der Waals surface area contributed by atoms with Crippen LogP contribution in [0.25, 0.3) is 11.3 Å². The van der Waals surface area contributed by atoms with Gasteiger partial charge in [-0.2, -0.15) is 0 Å². The molecule has 1 aromatic carbocycles. The molecule has 0 aliphatic rings. The third kappa shape index (κ3) is 2.04. The van der Waals surface area contributed by atoms with E-state index >= 15 is 0 Å². The highest BCUT2D eigenvalue weighted by Crippen LogP contribution is 2.30. The molecule has 0 fully saturated rings. The van der Waals surface area contributed by atoms with Gasteiger partial charge in [0.05, 0.1) is 17.4 Å². The second-order valence-corrected chi connectivity index (χ2v) is 3.92. The predicted octanol–water partition coefficient (Wildman–Crippen LogP) is 3.59. The van der Waals surface area contributed by atoms with Crippen LogP contribution in [0.1, 0.15) is 0 Å². The second kappa shape index (κ2) is 4.06. The molecule has 1 aromatic heterocycles. The van der Waals surface area contributed by atoms with Crippen molar-refractivity contribution in [2.24, 2.45) is 0 Å². The SMILES string of the molecule is COc1ccc(F)cc1-c1ccc(Br)[nH]1. The standard InChI is InChI=1S/C11H9BrFNO/c1-15-10-4-2-7(13)6-8(10)9-3-5-11(12)14-9/h2-6,14H,1H3. The molecule has 78 valence electrons. The number of hydrogen-bond acceptors (Lipinski definition) is 1. The summed E-state index contributed by atoms with van der Waals surface area (Å²) in [6, 6.07) is 8.15. The summed E-state index contributed by atoms with van der Waals surface area (Å²) in [7, 11) is 1.56. The molecule has 15 heavy (non-hydrogen) atoms. The van der Waals surface area contributed by atoms with E-state index in [1.807, 2.05) is 12.1 Å². The van der Waals surface area contributed by atoms with Gasteiger partial charge in [0.2, 0.25) is 0 Å². The number of aromatic amines is 1. The first-order valence-corrected chi connectivity index (χ1v) is 5.18. The number of rotatable bonds is 2. The molecule has 0 aliphatic carbocycles. The van der Waals surface area contributed by atoms with Crippen LogP contribution in [0.4, 0.5) is 4.39 Å². The molecule has 0 saturated carbocycles. The molecule has 0 amide bonds. The fraction of sp³-hybridized carbons (Fsp3) is 0.0909. The van der Waals surface area contributed by atoms with Crippen LogP contribution >= 0.6 is 15.9 Å². The van der Waals surface area contributed by atoms with Crippen molar-refractivity contribution in [2.75, 3.05) is 7.11 Å². The highest BCUT2D eigenvalue weighted by Gasteiger charge is 2.08. The normalized spacial score (nSPS) is 10.3. The Kier molecular flexibility index (Phi) is 2.77. The molecule has 0 saturated heterocycles. The Morgan fingerprint density at radius 2 is 2.07 bits per heavy atom. The monoisotopic (exact) mass is 269 g/mol. The molecule has 0 aliphatic heterocycles. The number of halogens is 2. The summed E-state index contributed by atoms with van der Waals surface area (Å²) < 4.78 is 19.1. The Labute approximate surface area is 95.2 Å². The maximum Gasteiger partial charge on any atom is 0.128 e. The zero-order chi connectivity index (χ0) is 10.8. The van der Waals surface area contributed by atoms with Crippen LogP contribution < -0.4 is 4.74 Å². The molecule has 2 nitrogen and oxygen atoms in total. The van der Waals surface area contributed by atoms with Crippen molar-refractivity contribution in [2.45, 2.75) is 0 Å². The molecule has 1 heterocycles. The van der Waals surface area contributed by atoms with Gasteiger partial charge in [-0.15, -0.1) is 0 Å². The number of ether oxygens (including phenoxy) is 1. The summed E-state index contributed by atoms with van der Waals surface area (Å²) >= 11 is 3.30. The molecule has 1 N–H and O–H groups in total. The van der Waals surface area contributed by atoms with Crippen molar-refractivity contribution in [3.8, 4) is 17.0 Å². The first kappa shape index (κ1) is 10.2. The van der Waals surface area contributed by atoms with Crippen molar-refractivity contribution >= 4 is 15.9 Å². The summed E-state index contributed by atoms with van der Waals surface area (Å²) in [6.45, 7) is 0. The van der Waals surface area contributed by atoms with Gasteiger partial charge in [0.15, 0.2) is 0 Å². The topological polar surface area (TPSA) is 25.0 Å². The van der Waals surface area contributed by atoms with Gasteiger partial charge in [-0.05, 0) is 46.3 Å². The summed E-state index contributed by atoms with van der Waals surface area (Å²) in [5.74, 6) is 0.363. The average Bonchev–Trinajstić information content (AvgIpc) is 2.65. The Balaban J connectivity index is 2.55. The summed E-state index contributed by atoms with van der Waals surface area (Å²) in [4.78, 5) is 3.06. The smallest absolute Gasteiger partial charge is 0.128 e. The molecular formula is C11H9BrFNO. The van der Waals surface area contributed by atoms with E-state index in [1.165, 1.54) is 12.1 Å². The molecule has 0 radical (unpaired) electrons. The van der Waals surface area contributed by atoms with Crippen LogP contribution in [-0.2, 0) is 0 Å². The zero-order valence-corrected chi connectivity index (χ0v) is 9.64. The van der Waals surface area contributed by atoms with E-state index in [-0.39, 0.29) is 5.82 Å². The molecule has 0 unspecified atom stereocenters. The van der Waals surface area contributed by atoms with Crippen LogP contribution in [0.15, 0.2) is 34.9 Å². The van der Waals surface area contributed by atoms with E-state index in [0.29, 0.717) is 11.3 Å². The third-order valence-corrected chi connectivity index (χ3v) is 2.56. The molecular weight excluding hydrogens is 261 g/mol.